The largest absolute Gasteiger partial charge is 0.411 e. The van der Waals surface area contributed by atoms with Crippen molar-refractivity contribution in [2.24, 2.45) is 0 Å². The molecular formula is C13H14ClF3N2O2. The average Bonchev–Trinajstić information content (AvgIpc) is 2.37. The van der Waals surface area contributed by atoms with Crippen molar-refractivity contribution in [3.8, 4) is 0 Å². The molecule has 2 rings (SSSR count). The molecule has 1 aliphatic rings. The van der Waals surface area contributed by atoms with Crippen LogP contribution in [0.25, 0.3) is 0 Å². The summed E-state index contributed by atoms with van der Waals surface area (Å²) in [4.78, 5) is 13.2. The van der Waals surface area contributed by atoms with Crippen LogP contribution in [-0.4, -0.2) is 30.3 Å². The normalized spacial score (nSPS) is 22.0. The fraction of sp³-hybridized carbons (Fsp3) is 0.462. The minimum atomic E-state index is -4.49. The number of carbonyl (C=O) groups is 1. The van der Waals surface area contributed by atoms with Gasteiger partial charge in [-0.2, -0.15) is 13.2 Å². The molecule has 116 valence electrons. The molecule has 0 saturated heterocycles. The predicted molar refractivity (Wildman–Crippen MR) is 72.2 cm³/mol. The maximum atomic E-state index is 12.5. The first-order chi connectivity index (χ1) is 9.67. The second kappa shape index (κ2) is 5.38. The van der Waals surface area contributed by atoms with E-state index in [2.05, 4.69) is 5.32 Å². The number of ether oxygens (including phenoxy) is 1. The summed E-state index contributed by atoms with van der Waals surface area (Å²) in [5, 5.41) is 2.96. The minimum Gasteiger partial charge on any atom is -0.342 e. The summed E-state index contributed by atoms with van der Waals surface area (Å²) >= 11 is 5.91. The van der Waals surface area contributed by atoms with Gasteiger partial charge in [-0.1, -0.05) is 11.6 Å². The van der Waals surface area contributed by atoms with Crippen molar-refractivity contribution < 1.29 is 22.7 Å². The molecule has 1 aromatic carbocycles. The van der Waals surface area contributed by atoms with Gasteiger partial charge in [0.2, 0.25) is 0 Å². The molecule has 2 amide bonds. The molecule has 1 unspecified atom stereocenters. The predicted octanol–water partition coefficient (Wildman–Crippen LogP) is 3.96. The number of benzene rings is 1. The van der Waals surface area contributed by atoms with Gasteiger partial charge in [0.05, 0.1) is 5.69 Å². The van der Waals surface area contributed by atoms with E-state index in [1.165, 1.54) is 24.0 Å². The van der Waals surface area contributed by atoms with Gasteiger partial charge in [-0.05, 0) is 32.0 Å². The molecule has 1 aromatic rings. The third-order valence-corrected chi connectivity index (χ3v) is 3.55. The summed E-state index contributed by atoms with van der Waals surface area (Å²) in [6.07, 6.45) is -4.49. The monoisotopic (exact) mass is 322 g/mol. The summed E-state index contributed by atoms with van der Waals surface area (Å²) in [6.45, 7) is 1.81. The van der Waals surface area contributed by atoms with Gasteiger partial charge in [0.25, 0.3) is 0 Å². The Hall–Kier alpha value is -1.47. The second-order valence-electron chi connectivity index (χ2n) is 4.75. The zero-order valence-electron chi connectivity index (χ0n) is 11.4. The van der Waals surface area contributed by atoms with Gasteiger partial charge in [-0.3, -0.25) is 4.90 Å². The molecule has 0 aliphatic carbocycles. The maximum absolute atomic E-state index is 12.5. The minimum absolute atomic E-state index is 0.187. The lowest BCUT2D eigenvalue weighted by Gasteiger charge is -2.45. The summed E-state index contributed by atoms with van der Waals surface area (Å²) in [5.41, 5.74) is -0.758. The number of hydrogen-bond donors (Lipinski definition) is 1. The molecule has 0 aromatic heterocycles. The van der Waals surface area contributed by atoms with Crippen LogP contribution >= 0.6 is 11.6 Å². The number of amides is 2. The highest BCUT2D eigenvalue weighted by Gasteiger charge is 2.45. The van der Waals surface area contributed by atoms with Crippen molar-refractivity contribution in [2.75, 3.05) is 18.5 Å². The van der Waals surface area contributed by atoms with Gasteiger partial charge < -0.3 is 10.1 Å². The quantitative estimate of drug-likeness (QED) is 0.915. The van der Waals surface area contributed by atoms with E-state index in [0.717, 1.165) is 0 Å². The number of nitrogens with zero attached hydrogens (tertiary/aromatic N) is 1. The van der Waals surface area contributed by atoms with Gasteiger partial charge >= 0.3 is 12.2 Å². The second-order valence-corrected chi connectivity index (χ2v) is 5.19. The summed E-state index contributed by atoms with van der Waals surface area (Å²) in [6, 6.07) is 4.07. The molecule has 1 aliphatic heterocycles. The van der Waals surface area contributed by atoms with Crippen LogP contribution in [0.4, 0.5) is 23.7 Å². The number of urea groups is 1. The SMILES string of the molecule is CCN1C(=O)Nc2ccc(Cl)cc2C1(C)OCC(F)(F)F. The summed E-state index contributed by atoms with van der Waals surface area (Å²) in [5.74, 6) is 0. The third kappa shape index (κ3) is 3.08. The molecule has 4 nitrogen and oxygen atoms in total. The van der Waals surface area contributed by atoms with E-state index in [0.29, 0.717) is 16.3 Å². The van der Waals surface area contributed by atoms with E-state index >= 15 is 0 Å². The lowest BCUT2D eigenvalue weighted by atomic mass is 9.98. The van der Waals surface area contributed by atoms with E-state index in [-0.39, 0.29) is 6.54 Å². The zero-order chi connectivity index (χ0) is 15.8. The van der Waals surface area contributed by atoms with Crippen LogP contribution in [0, 0.1) is 0 Å². The zero-order valence-corrected chi connectivity index (χ0v) is 12.2. The van der Waals surface area contributed by atoms with Crippen LogP contribution in [-0.2, 0) is 10.5 Å². The van der Waals surface area contributed by atoms with Crippen molar-refractivity contribution in [3.05, 3.63) is 28.8 Å². The summed E-state index contributed by atoms with van der Waals surface area (Å²) < 4.78 is 42.6. The van der Waals surface area contributed by atoms with E-state index in [4.69, 9.17) is 16.3 Å². The maximum Gasteiger partial charge on any atom is 0.411 e. The molecular weight excluding hydrogens is 309 g/mol. The molecule has 0 saturated carbocycles. The van der Waals surface area contributed by atoms with Crippen LogP contribution in [0.15, 0.2) is 18.2 Å². The van der Waals surface area contributed by atoms with Crippen LogP contribution in [0.5, 0.6) is 0 Å². The number of halogens is 4. The molecule has 1 N–H and O–H groups in total. The highest BCUT2D eigenvalue weighted by molar-refractivity contribution is 6.30. The highest BCUT2D eigenvalue weighted by atomic mass is 35.5. The Kier molecular flexibility index (Phi) is 4.08. The average molecular weight is 323 g/mol. The van der Waals surface area contributed by atoms with E-state index < -0.39 is 24.5 Å². The van der Waals surface area contributed by atoms with Crippen molar-refractivity contribution in [1.82, 2.24) is 4.90 Å². The van der Waals surface area contributed by atoms with Crippen molar-refractivity contribution >= 4 is 23.3 Å². The first kappa shape index (κ1) is 15.9. The van der Waals surface area contributed by atoms with Crippen molar-refractivity contribution in [3.63, 3.8) is 0 Å². The molecule has 0 radical (unpaired) electrons. The van der Waals surface area contributed by atoms with Gasteiger partial charge in [0.1, 0.15) is 6.61 Å². The molecule has 21 heavy (non-hydrogen) atoms. The number of hydrogen-bond acceptors (Lipinski definition) is 2. The number of rotatable bonds is 3. The molecule has 0 fully saturated rings. The molecule has 1 heterocycles. The lowest BCUT2D eigenvalue weighted by molar-refractivity contribution is -0.230. The Balaban J connectivity index is 2.47. The number of nitrogens with one attached hydrogen (secondary N) is 1. The van der Waals surface area contributed by atoms with E-state index in [9.17, 15) is 18.0 Å². The van der Waals surface area contributed by atoms with Crippen LogP contribution in [0.2, 0.25) is 5.02 Å². The van der Waals surface area contributed by atoms with Gasteiger partial charge in [0.15, 0.2) is 5.72 Å². The van der Waals surface area contributed by atoms with E-state index in [1.807, 2.05) is 0 Å². The number of anilines is 1. The van der Waals surface area contributed by atoms with Gasteiger partial charge in [-0.25, -0.2) is 4.79 Å². The molecule has 8 heteroatoms. The van der Waals surface area contributed by atoms with E-state index in [1.54, 1.807) is 13.0 Å². The Bertz CT molecular complexity index is 565. The van der Waals surface area contributed by atoms with Crippen LogP contribution in [0.3, 0.4) is 0 Å². The molecule has 1 atom stereocenters. The first-order valence-electron chi connectivity index (χ1n) is 6.26. The topological polar surface area (TPSA) is 41.6 Å². The van der Waals surface area contributed by atoms with Crippen LogP contribution < -0.4 is 5.32 Å². The fourth-order valence-electron chi connectivity index (χ4n) is 2.35. The Labute approximate surface area is 124 Å². The number of alkyl halides is 3. The number of fused-ring (bicyclic) bond motifs is 1. The van der Waals surface area contributed by atoms with Crippen LogP contribution in [0.1, 0.15) is 19.4 Å². The molecule has 0 bridgehead atoms. The lowest BCUT2D eigenvalue weighted by Crippen LogP contribution is -2.55. The fourth-order valence-corrected chi connectivity index (χ4v) is 2.53. The number of carbonyl (C=O) groups excluding carboxylic acids is 1. The standard InChI is InChI=1S/C13H14ClF3N2O2/c1-3-19-11(20)18-10-5-4-8(14)6-9(10)12(19,2)21-7-13(15,16)17/h4-6H,3,7H2,1-2H3,(H,18,20). The van der Waals surface area contributed by atoms with Crippen molar-refractivity contribution in [1.29, 1.82) is 0 Å². The van der Waals surface area contributed by atoms with Gasteiger partial charge in [0, 0.05) is 17.1 Å². The smallest absolute Gasteiger partial charge is 0.342 e. The Morgan fingerprint density at radius 1 is 1.43 bits per heavy atom. The third-order valence-electron chi connectivity index (χ3n) is 3.32. The first-order valence-corrected chi connectivity index (χ1v) is 6.64. The van der Waals surface area contributed by atoms with Crippen molar-refractivity contribution in [2.45, 2.75) is 25.7 Å². The molecule has 0 spiro atoms. The highest BCUT2D eigenvalue weighted by Crippen LogP contribution is 2.41. The van der Waals surface area contributed by atoms with Gasteiger partial charge in [-0.15, -0.1) is 0 Å². The summed E-state index contributed by atoms with van der Waals surface area (Å²) in [7, 11) is 0. The Morgan fingerprint density at radius 2 is 2.10 bits per heavy atom. The Morgan fingerprint density at radius 3 is 2.67 bits per heavy atom.